The predicted molar refractivity (Wildman–Crippen MR) is 151 cm³/mol. The van der Waals surface area contributed by atoms with Crippen LogP contribution in [0.1, 0.15) is 22.5 Å². The van der Waals surface area contributed by atoms with Gasteiger partial charge in [-0.1, -0.05) is 78.9 Å². The van der Waals surface area contributed by atoms with Gasteiger partial charge in [0.2, 0.25) is 5.69 Å². The fourth-order valence-corrected chi connectivity index (χ4v) is 6.36. The Kier molecular flexibility index (Phi) is 4.38. The van der Waals surface area contributed by atoms with E-state index in [0.29, 0.717) is 0 Å². The zero-order valence-electron chi connectivity index (χ0n) is 20.4. The van der Waals surface area contributed by atoms with Gasteiger partial charge in [-0.05, 0) is 47.3 Å². The first-order valence-corrected chi connectivity index (χ1v) is 13.0. The lowest BCUT2D eigenvalue weighted by molar-refractivity contribution is -0.604. The van der Waals surface area contributed by atoms with Crippen molar-refractivity contribution >= 4 is 27.8 Å². The third-order valence-corrected chi connectivity index (χ3v) is 7.90. The van der Waals surface area contributed by atoms with E-state index in [-0.39, 0.29) is 0 Å². The molecule has 6 aromatic rings. The Morgan fingerprint density at radius 3 is 2.03 bits per heavy atom. The minimum absolute atomic E-state index is 0.933. The van der Waals surface area contributed by atoms with Crippen LogP contribution in [0.15, 0.2) is 127 Å². The van der Waals surface area contributed by atoms with Crippen molar-refractivity contribution in [1.82, 2.24) is 0 Å². The molecular weight excluding hydrogens is 448 g/mol. The molecule has 0 amide bonds. The molecule has 0 saturated heterocycles. The first kappa shape index (κ1) is 20.5. The Balaban J connectivity index is 1.47. The van der Waals surface area contributed by atoms with Gasteiger partial charge in [-0.15, -0.1) is 0 Å². The van der Waals surface area contributed by atoms with E-state index in [2.05, 4.69) is 137 Å². The topological polar surface area (TPSA) is 7.12 Å². The Morgan fingerprint density at radius 2 is 1.24 bits per heavy atom. The van der Waals surface area contributed by atoms with E-state index < -0.39 is 0 Å². The highest BCUT2D eigenvalue weighted by Crippen LogP contribution is 2.50. The summed E-state index contributed by atoms with van der Waals surface area (Å²) in [4.78, 5) is 2.45. The molecule has 2 heteroatoms. The smallest absolute Gasteiger partial charge is 0.214 e. The van der Waals surface area contributed by atoms with Crippen LogP contribution in [0.25, 0.3) is 27.6 Å². The molecule has 174 valence electrons. The van der Waals surface area contributed by atoms with Crippen LogP contribution in [0.4, 0.5) is 17.1 Å². The molecular formula is C35H25N2+. The molecule has 2 aliphatic rings. The minimum atomic E-state index is 0.933. The SMILES string of the molecule is c1ccc(N(c2ccccc2)c2c3c(cc4ccccc24)Cc2c-3ccc3[n+]2-c2ccccc2C3)cc1. The van der Waals surface area contributed by atoms with Crippen molar-refractivity contribution in [2.45, 2.75) is 12.8 Å². The molecule has 2 nitrogen and oxygen atoms in total. The van der Waals surface area contributed by atoms with Crippen LogP contribution in [0.3, 0.4) is 0 Å². The molecule has 0 spiro atoms. The number of benzene rings is 5. The minimum Gasteiger partial charge on any atom is -0.309 e. The van der Waals surface area contributed by atoms with E-state index in [1.54, 1.807) is 0 Å². The molecule has 1 aromatic heterocycles. The van der Waals surface area contributed by atoms with Crippen molar-refractivity contribution in [3.63, 3.8) is 0 Å². The van der Waals surface area contributed by atoms with E-state index in [1.807, 2.05) is 0 Å². The summed E-state index contributed by atoms with van der Waals surface area (Å²) in [7, 11) is 0. The molecule has 5 aromatic carbocycles. The highest BCUT2D eigenvalue weighted by Gasteiger charge is 2.38. The lowest BCUT2D eigenvalue weighted by atomic mass is 9.96. The second-order valence-corrected chi connectivity index (χ2v) is 9.99. The number of fused-ring (bicyclic) bond motifs is 8. The third-order valence-electron chi connectivity index (χ3n) is 7.90. The average Bonchev–Trinajstić information content (AvgIpc) is 3.52. The van der Waals surface area contributed by atoms with Crippen LogP contribution in [0, 0.1) is 0 Å². The van der Waals surface area contributed by atoms with Crippen LogP contribution < -0.4 is 9.47 Å². The summed E-state index contributed by atoms with van der Waals surface area (Å²) in [6.45, 7) is 0. The largest absolute Gasteiger partial charge is 0.309 e. The van der Waals surface area contributed by atoms with Gasteiger partial charge in [0.15, 0.2) is 11.4 Å². The second-order valence-electron chi connectivity index (χ2n) is 9.99. The van der Waals surface area contributed by atoms with Gasteiger partial charge in [0.05, 0.1) is 24.1 Å². The molecule has 0 atom stereocenters. The molecule has 1 aliphatic heterocycles. The van der Waals surface area contributed by atoms with Gasteiger partial charge < -0.3 is 4.90 Å². The summed E-state index contributed by atoms with van der Waals surface area (Å²) < 4.78 is 2.52. The number of hydrogen-bond donors (Lipinski definition) is 0. The van der Waals surface area contributed by atoms with Crippen molar-refractivity contribution in [2.75, 3.05) is 4.90 Å². The molecule has 37 heavy (non-hydrogen) atoms. The van der Waals surface area contributed by atoms with Gasteiger partial charge in [-0.3, -0.25) is 0 Å². The maximum Gasteiger partial charge on any atom is 0.214 e. The van der Waals surface area contributed by atoms with E-state index >= 15 is 0 Å². The van der Waals surface area contributed by atoms with Crippen LogP contribution in [-0.4, -0.2) is 0 Å². The number of para-hydroxylation sites is 3. The Labute approximate surface area is 216 Å². The standard InChI is InChI=1S/C35H25N2/c1-3-13-27(14-4-1)36(28-15-5-2-6-16-28)35-30-17-9-7-11-24(30)21-26-23-33-31(34(26)35)20-19-29-22-25-12-8-10-18-32(25)37(29)33/h1-21H,22-23H2/q+1. The van der Waals surface area contributed by atoms with Crippen LogP contribution in [-0.2, 0) is 12.8 Å². The summed E-state index contributed by atoms with van der Waals surface area (Å²) in [5.41, 5.74) is 13.2. The zero-order chi connectivity index (χ0) is 24.3. The summed E-state index contributed by atoms with van der Waals surface area (Å²) in [6, 6.07) is 46.4. The van der Waals surface area contributed by atoms with Gasteiger partial charge in [0.1, 0.15) is 0 Å². The predicted octanol–water partition coefficient (Wildman–Crippen LogP) is 8.06. The summed E-state index contributed by atoms with van der Waals surface area (Å²) in [5.74, 6) is 0. The Hall–Kier alpha value is -4.69. The van der Waals surface area contributed by atoms with E-state index in [4.69, 9.17) is 0 Å². The summed E-state index contributed by atoms with van der Waals surface area (Å²) in [6.07, 6.45) is 1.93. The Bertz CT molecular complexity index is 1780. The van der Waals surface area contributed by atoms with Crippen LogP contribution >= 0.6 is 0 Å². The highest BCUT2D eigenvalue weighted by molar-refractivity contribution is 6.08. The number of hydrogen-bond acceptors (Lipinski definition) is 1. The fraction of sp³-hybridized carbons (Fsp3) is 0.0571. The third kappa shape index (κ3) is 3.02. The van der Waals surface area contributed by atoms with Gasteiger partial charge >= 0.3 is 0 Å². The lowest BCUT2D eigenvalue weighted by Gasteiger charge is -2.29. The molecule has 0 bridgehead atoms. The number of aromatic nitrogens is 1. The normalized spacial score (nSPS) is 12.6. The highest BCUT2D eigenvalue weighted by atomic mass is 15.1. The quantitative estimate of drug-likeness (QED) is 0.235. The summed E-state index contributed by atoms with van der Waals surface area (Å²) >= 11 is 0. The monoisotopic (exact) mass is 473 g/mol. The molecule has 0 unspecified atom stereocenters. The number of anilines is 3. The second kappa shape index (κ2) is 7.91. The molecule has 1 aliphatic carbocycles. The number of pyridine rings is 1. The number of nitrogens with zero attached hydrogens (tertiary/aromatic N) is 2. The average molecular weight is 474 g/mol. The Morgan fingerprint density at radius 1 is 0.568 bits per heavy atom. The molecule has 0 N–H and O–H groups in total. The molecule has 0 fully saturated rings. The number of rotatable bonds is 3. The molecule has 0 saturated carbocycles. The van der Waals surface area contributed by atoms with Crippen molar-refractivity contribution in [2.24, 2.45) is 0 Å². The van der Waals surface area contributed by atoms with Crippen molar-refractivity contribution < 1.29 is 4.57 Å². The van der Waals surface area contributed by atoms with Crippen molar-refractivity contribution in [1.29, 1.82) is 0 Å². The van der Waals surface area contributed by atoms with Crippen molar-refractivity contribution in [3.8, 4) is 16.8 Å². The maximum absolute atomic E-state index is 2.52. The summed E-state index contributed by atoms with van der Waals surface area (Å²) in [5, 5.41) is 2.55. The van der Waals surface area contributed by atoms with E-state index in [1.165, 1.54) is 67.2 Å². The van der Waals surface area contributed by atoms with Gasteiger partial charge in [0, 0.05) is 40.0 Å². The van der Waals surface area contributed by atoms with Gasteiger partial charge in [0.25, 0.3) is 0 Å². The van der Waals surface area contributed by atoms with Crippen LogP contribution in [0.5, 0.6) is 0 Å². The molecule has 2 heterocycles. The van der Waals surface area contributed by atoms with Crippen molar-refractivity contribution in [3.05, 3.63) is 150 Å². The maximum atomic E-state index is 2.52. The molecule has 8 rings (SSSR count). The van der Waals surface area contributed by atoms with Crippen LogP contribution in [0.2, 0.25) is 0 Å². The zero-order valence-corrected chi connectivity index (χ0v) is 20.4. The first-order valence-electron chi connectivity index (χ1n) is 13.0. The fourth-order valence-electron chi connectivity index (χ4n) is 6.36. The van der Waals surface area contributed by atoms with Gasteiger partial charge in [-0.2, -0.15) is 4.57 Å². The molecule has 0 radical (unpaired) electrons. The van der Waals surface area contributed by atoms with E-state index in [9.17, 15) is 0 Å². The van der Waals surface area contributed by atoms with Gasteiger partial charge in [-0.25, -0.2) is 0 Å². The first-order chi connectivity index (χ1) is 18.4. The lowest BCUT2D eigenvalue weighted by Crippen LogP contribution is -2.36. The van der Waals surface area contributed by atoms with E-state index in [0.717, 1.165) is 12.8 Å².